The van der Waals surface area contributed by atoms with Gasteiger partial charge in [-0.2, -0.15) is 0 Å². The van der Waals surface area contributed by atoms with E-state index in [0.29, 0.717) is 0 Å². The van der Waals surface area contributed by atoms with Crippen molar-refractivity contribution in [3.05, 3.63) is 0 Å². The fourth-order valence-electron chi connectivity index (χ4n) is 2.50. The van der Waals surface area contributed by atoms with Gasteiger partial charge in [-0.05, 0) is 19.8 Å². The molecule has 1 unspecified atom stereocenters. The maximum atomic E-state index is 7.29. The van der Waals surface area contributed by atoms with Gasteiger partial charge in [0, 0.05) is 5.54 Å². The summed E-state index contributed by atoms with van der Waals surface area (Å²) in [5.74, 6) is 0. The van der Waals surface area contributed by atoms with E-state index in [0.717, 1.165) is 0 Å². The van der Waals surface area contributed by atoms with Crippen LogP contribution in [0.15, 0.2) is 0 Å². The lowest BCUT2D eigenvalue weighted by Gasteiger charge is -2.30. The van der Waals surface area contributed by atoms with Crippen LogP contribution in [0.5, 0.6) is 0 Å². The average molecular weight is 254 g/mol. The van der Waals surface area contributed by atoms with Crippen LogP contribution in [0.3, 0.4) is 0 Å². The van der Waals surface area contributed by atoms with Crippen LogP contribution in [0.1, 0.15) is 91.4 Å². The summed E-state index contributed by atoms with van der Waals surface area (Å²) in [6.45, 7) is 6.79. The van der Waals surface area contributed by atoms with Crippen LogP contribution in [0, 0.1) is 5.41 Å². The van der Waals surface area contributed by atoms with E-state index >= 15 is 0 Å². The molecule has 0 saturated carbocycles. The van der Waals surface area contributed by atoms with Crippen LogP contribution in [0.2, 0.25) is 0 Å². The molecule has 0 radical (unpaired) electrons. The highest BCUT2D eigenvalue weighted by Gasteiger charge is 2.21. The summed E-state index contributed by atoms with van der Waals surface area (Å²) < 4.78 is 0. The number of hydrogen-bond donors (Lipinski definition) is 2. The Hall–Kier alpha value is -0.530. The molecule has 0 aromatic carbocycles. The van der Waals surface area contributed by atoms with Crippen molar-refractivity contribution < 1.29 is 0 Å². The van der Waals surface area contributed by atoms with Crippen LogP contribution in [0.4, 0.5) is 0 Å². The van der Waals surface area contributed by atoms with Crippen molar-refractivity contribution in [2.75, 3.05) is 0 Å². The van der Waals surface area contributed by atoms with Gasteiger partial charge in [0.15, 0.2) is 0 Å². The molecule has 0 rings (SSSR count). The zero-order chi connectivity index (χ0) is 13.7. The summed E-state index contributed by atoms with van der Waals surface area (Å²) >= 11 is 0. The van der Waals surface area contributed by atoms with E-state index in [2.05, 4.69) is 26.1 Å². The minimum atomic E-state index is 0.154. The summed E-state index contributed by atoms with van der Waals surface area (Å²) in [6, 6.07) is 0. The average Bonchev–Trinajstić information content (AvgIpc) is 2.35. The third kappa shape index (κ3) is 9.49. The Bertz CT molecular complexity index is 192. The van der Waals surface area contributed by atoms with Crippen molar-refractivity contribution in [2.24, 2.45) is 0 Å². The van der Waals surface area contributed by atoms with E-state index in [-0.39, 0.29) is 5.54 Å². The maximum absolute atomic E-state index is 7.29. The lowest BCUT2D eigenvalue weighted by molar-refractivity contribution is 0.332. The molecule has 0 aromatic rings. The molecule has 2 nitrogen and oxygen atoms in total. The highest BCUT2D eigenvalue weighted by molar-refractivity contribution is 5.51. The molecule has 1 atom stereocenters. The molecule has 18 heavy (non-hydrogen) atoms. The Labute approximate surface area is 114 Å². The first-order valence-electron chi connectivity index (χ1n) is 7.95. The largest absolute Gasteiger partial charge is 0.371 e. The van der Waals surface area contributed by atoms with E-state index in [4.69, 9.17) is 5.41 Å². The Balaban J connectivity index is 3.81. The summed E-state index contributed by atoms with van der Waals surface area (Å²) in [6.07, 6.45) is 15.7. The van der Waals surface area contributed by atoms with Crippen LogP contribution < -0.4 is 5.32 Å². The molecule has 0 amide bonds. The van der Waals surface area contributed by atoms with E-state index in [9.17, 15) is 0 Å². The zero-order valence-corrected chi connectivity index (χ0v) is 12.9. The highest BCUT2D eigenvalue weighted by atomic mass is 15.0. The molecule has 0 bridgehead atoms. The van der Waals surface area contributed by atoms with E-state index in [1.165, 1.54) is 77.0 Å². The Morgan fingerprint density at radius 1 is 0.833 bits per heavy atom. The van der Waals surface area contributed by atoms with Crippen molar-refractivity contribution in [3.8, 4) is 0 Å². The smallest absolute Gasteiger partial charge is 0.0795 e. The van der Waals surface area contributed by atoms with Crippen molar-refractivity contribution >= 4 is 6.34 Å². The third-order valence-electron chi connectivity index (χ3n) is 3.83. The second-order valence-electron chi connectivity index (χ2n) is 5.82. The number of rotatable bonds is 13. The van der Waals surface area contributed by atoms with Crippen molar-refractivity contribution in [2.45, 2.75) is 96.9 Å². The molecule has 0 spiro atoms. The monoisotopic (exact) mass is 254 g/mol. The molecule has 0 aliphatic heterocycles. The quantitative estimate of drug-likeness (QED) is 0.262. The SMILES string of the molecule is CCCCCCCC(C)(CCCCCC)NC=N. The van der Waals surface area contributed by atoms with Crippen LogP contribution in [-0.4, -0.2) is 11.9 Å². The molecular formula is C16H34N2. The minimum Gasteiger partial charge on any atom is -0.371 e. The third-order valence-corrected chi connectivity index (χ3v) is 3.83. The normalized spacial score (nSPS) is 14.2. The minimum absolute atomic E-state index is 0.154. The van der Waals surface area contributed by atoms with Crippen LogP contribution in [-0.2, 0) is 0 Å². The molecule has 0 aliphatic rings. The second kappa shape index (κ2) is 11.6. The van der Waals surface area contributed by atoms with Gasteiger partial charge < -0.3 is 5.32 Å². The molecule has 0 aromatic heterocycles. The summed E-state index contributed by atoms with van der Waals surface area (Å²) in [7, 11) is 0. The predicted molar refractivity (Wildman–Crippen MR) is 82.5 cm³/mol. The molecule has 0 saturated heterocycles. The first kappa shape index (κ1) is 17.5. The number of nitrogens with one attached hydrogen (secondary N) is 2. The Kier molecular flexibility index (Phi) is 11.2. The second-order valence-corrected chi connectivity index (χ2v) is 5.82. The summed E-state index contributed by atoms with van der Waals surface area (Å²) in [5.41, 5.74) is 0.154. The molecule has 2 heteroatoms. The fraction of sp³-hybridized carbons (Fsp3) is 0.938. The molecule has 108 valence electrons. The standard InChI is InChI=1S/C16H34N2/c1-4-6-8-10-12-14-16(3,18-15-17)13-11-9-7-5-2/h15H,4-14H2,1-3H3,(H2,17,18). The molecule has 0 heterocycles. The zero-order valence-electron chi connectivity index (χ0n) is 12.9. The van der Waals surface area contributed by atoms with Gasteiger partial charge in [-0.3, -0.25) is 5.41 Å². The van der Waals surface area contributed by atoms with Crippen molar-refractivity contribution in [1.29, 1.82) is 5.41 Å². The van der Waals surface area contributed by atoms with E-state index in [1.54, 1.807) is 0 Å². The lowest BCUT2D eigenvalue weighted by atomic mass is 9.88. The number of unbranched alkanes of at least 4 members (excludes halogenated alkanes) is 7. The Morgan fingerprint density at radius 3 is 1.72 bits per heavy atom. The first-order valence-corrected chi connectivity index (χ1v) is 7.95. The van der Waals surface area contributed by atoms with Crippen molar-refractivity contribution in [1.82, 2.24) is 5.32 Å². The predicted octanol–water partition coefficient (Wildman–Crippen LogP) is 5.27. The van der Waals surface area contributed by atoms with Gasteiger partial charge in [0.2, 0.25) is 0 Å². The van der Waals surface area contributed by atoms with Crippen LogP contribution in [0.25, 0.3) is 0 Å². The first-order chi connectivity index (χ1) is 8.68. The van der Waals surface area contributed by atoms with Gasteiger partial charge >= 0.3 is 0 Å². The van der Waals surface area contributed by atoms with E-state index < -0.39 is 0 Å². The summed E-state index contributed by atoms with van der Waals surface area (Å²) in [4.78, 5) is 0. The van der Waals surface area contributed by atoms with Gasteiger partial charge in [-0.1, -0.05) is 71.6 Å². The van der Waals surface area contributed by atoms with Gasteiger partial charge in [0.25, 0.3) is 0 Å². The van der Waals surface area contributed by atoms with Crippen molar-refractivity contribution in [3.63, 3.8) is 0 Å². The highest BCUT2D eigenvalue weighted by Crippen LogP contribution is 2.22. The van der Waals surface area contributed by atoms with Crippen LogP contribution >= 0.6 is 0 Å². The molecule has 0 aliphatic carbocycles. The van der Waals surface area contributed by atoms with Gasteiger partial charge in [0.1, 0.15) is 0 Å². The fourth-order valence-corrected chi connectivity index (χ4v) is 2.50. The lowest BCUT2D eigenvalue weighted by Crippen LogP contribution is -2.41. The van der Waals surface area contributed by atoms with Gasteiger partial charge in [-0.25, -0.2) is 0 Å². The molecule has 2 N–H and O–H groups in total. The molecular weight excluding hydrogens is 220 g/mol. The van der Waals surface area contributed by atoms with Gasteiger partial charge in [-0.15, -0.1) is 0 Å². The van der Waals surface area contributed by atoms with E-state index in [1.807, 2.05) is 0 Å². The van der Waals surface area contributed by atoms with Gasteiger partial charge in [0.05, 0.1) is 6.34 Å². The Morgan fingerprint density at radius 2 is 1.28 bits per heavy atom. The topological polar surface area (TPSA) is 35.9 Å². The maximum Gasteiger partial charge on any atom is 0.0795 e. The summed E-state index contributed by atoms with van der Waals surface area (Å²) in [5, 5.41) is 10.6. The molecule has 0 fully saturated rings. The number of hydrogen-bond acceptors (Lipinski definition) is 1.